The molecule has 0 aliphatic heterocycles. The second-order valence-corrected chi connectivity index (χ2v) is 4.27. The Morgan fingerprint density at radius 1 is 1.32 bits per heavy atom. The molecule has 0 radical (unpaired) electrons. The van der Waals surface area contributed by atoms with Crippen LogP contribution in [0.1, 0.15) is 35.2 Å². The molecule has 1 rings (SSSR count). The average molecular weight is 265 g/mol. The summed E-state index contributed by atoms with van der Waals surface area (Å²) >= 11 is 0. The van der Waals surface area contributed by atoms with Crippen LogP contribution in [0.5, 0.6) is 0 Å². The Balaban J connectivity index is 2.77. The number of amides is 1. The van der Waals surface area contributed by atoms with Crippen LogP contribution in [0.4, 0.5) is 5.69 Å². The first-order valence-corrected chi connectivity index (χ1v) is 6.18. The number of aliphatic hydroxyl groups is 1. The minimum atomic E-state index is -0.477. The van der Waals surface area contributed by atoms with E-state index in [0.717, 1.165) is 5.56 Å². The summed E-state index contributed by atoms with van der Waals surface area (Å²) in [5.41, 5.74) is 1.71. The van der Waals surface area contributed by atoms with Crippen LogP contribution < -0.4 is 5.32 Å². The molecule has 0 aliphatic carbocycles. The SMILES string of the molecule is COC(=O)c1cc(C)ccc1NC(=O)CCCCO. The van der Waals surface area contributed by atoms with Crippen LogP contribution in [0.2, 0.25) is 0 Å². The van der Waals surface area contributed by atoms with Crippen LogP contribution in [0, 0.1) is 6.92 Å². The van der Waals surface area contributed by atoms with Gasteiger partial charge in [0.2, 0.25) is 5.91 Å². The second kappa shape index (κ2) is 7.53. The number of carbonyl (C=O) groups excluding carboxylic acids is 2. The molecule has 0 spiro atoms. The number of ether oxygens (including phenoxy) is 1. The lowest BCUT2D eigenvalue weighted by molar-refractivity contribution is -0.116. The van der Waals surface area contributed by atoms with Gasteiger partial charge in [0.1, 0.15) is 0 Å². The van der Waals surface area contributed by atoms with Crippen molar-refractivity contribution in [3.8, 4) is 0 Å². The number of rotatable bonds is 6. The molecule has 1 amide bonds. The number of hydrogen-bond acceptors (Lipinski definition) is 4. The van der Waals surface area contributed by atoms with Gasteiger partial charge < -0.3 is 15.2 Å². The molecule has 19 heavy (non-hydrogen) atoms. The van der Waals surface area contributed by atoms with Gasteiger partial charge in [-0.1, -0.05) is 11.6 Å². The molecule has 1 aromatic rings. The van der Waals surface area contributed by atoms with Crippen molar-refractivity contribution in [3.05, 3.63) is 29.3 Å². The number of esters is 1. The zero-order valence-electron chi connectivity index (χ0n) is 11.2. The lowest BCUT2D eigenvalue weighted by atomic mass is 10.1. The molecule has 104 valence electrons. The predicted octanol–water partition coefficient (Wildman–Crippen LogP) is 1.88. The molecule has 0 aromatic heterocycles. The zero-order chi connectivity index (χ0) is 14.3. The van der Waals surface area contributed by atoms with Crippen LogP contribution >= 0.6 is 0 Å². The fourth-order valence-electron chi connectivity index (χ4n) is 1.66. The van der Waals surface area contributed by atoms with Gasteiger partial charge in [-0.15, -0.1) is 0 Å². The van der Waals surface area contributed by atoms with Gasteiger partial charge in [0, 0.05) is 13.0 Å². The molecule has 1 aromatic carbocycles. The molecule has 0 fully saturated rings. The average Bonchev–Trinajstić information content (AvgIpc) is 2.40. The van der Waals surface area contributed by atoms with Crippen molar-refractivity contribution in [2.45, 2.75) is 26.2 Å². The van der Waals surface area contributed by atoms with Gasteiger partial charge in [-0.2, -0.15) is 0 Å². The Morgan fingerprint density at radius 2 is 2.05 bits per heavy atom. The molecule has 5 heteroatoms. The number of methoxy groups -OCH3 is 1. The number of benzene rings is 1. The van der Waals surface area contributed by atoms with E-state index in [2.05, 4.69) is 10.1 Å². The van der Waals surface area contributed by atoms with Crippen LogP contribution in [-0.2, 0) is 9.53 Å². The van der Waals surface area contributed by atoms with E-state index in [0.29, 0.717) is 30.5 Å². The summed E-state index contributed by atoms with van der Waals surface area (Å²) in [6.07, 6.45) is 1.52. The first kappa shape index (κ1) is 15.2. The van der Waals surface area contributed by atoms with Crippen molar-refractivity contribution < 1.29 is 19.4 Å². The fraction of sp³-hybridized carbons (Fsp3) is 0.429. The topological polar surface area (TPSA) is 75.6 Å². The van der Waals surface area contributed by atoms with Gasteiger partial charge in [-0.3, -0.25) is 4.79 Å². The highest BCUT2D eigenvalue weighted by atomic mass is 16.5. The number of aryl methyl sites for hydroxylation is 1. The van der Waals surface area contributed by atoms with E-state index < -0.39 is 5.97 Å². The summed E-state index contributed by atoms with van der Waals surface area (Å²) in [5, 5.41) is 11.3. The number of aliphatic hydroxyl groups excluding tert-OH is 1. The van der Waals surface area contributed by atoms with E-state index in [4.69, 9.17) is 5.11 Å². The lowest BCUT2D eigenvalue weighted by Gasteiger charge is -2.10. The summed E-state index contributed by atoms with van der Waals surface area (Å²) < 4.78 is 4.69. The van der Waals surface area contributed by atoms with Crippen molar-refractivity contribution in [1.82, 2.24) is 0 Å². The Labute approximate surface area is 112 Å². The molecule has 0 saturated heterocycles. The minimum Gasteiger partial charge on any atom is -0.465 e. The van der Waals surface area contributed by atoms with Crippen molar-refractivity contribution in [2.75, 3.05) is 19.0 Å². The maximum Gasteiger partial charge on any atom is 0.339 e. The van der Waals surface area contributed by atoms with Crippen LogP contribution in [-0.4, -0.2) is 30.7 Å². The highest BCUT2D eigenvalue weighted by Gasteiger charge is 2.13. The van der Waals surface area contributed by atoms with Crippen molar-refractivity contribution in [1.29, 1.82) is 0 Å². The molecule has 0 heterocycles. The zero-order valence-corrected chi connectivity index (χ0v) is 11.2. The number of unbranched alkanes of at least 4 members (excludes halogenated alkanes) is 1. The monoisotopic (exact) mass is 265 g/mol. The summed E-state index contributed by atoms with van der Waals surface area (Å²) in [6.45, 7) is 1.94. The Morgan fingerprint density at radius 3 is 2.68 bits per heavy atom. The smallest absolute Gasteiger partial charge is 0.339 e. The molecule has 5 nitrogen and oxygen atoms in total. The summed E-state index contributed by atoms with van der Waals surface area (Å²) in [5.74, 6) is -0.656. The first-order valence-electron chi connectivity index (χ1n) is 6.18. The molecule has 0 aliphatic rings. The molecular weight excluding hydrogens is 246 g/mol. The maximum absolute atomic E-state index is 11.7. The van der Waals surface area contributed by atoms with Gasteiger partial charge in [0.25, 0.3) is 0 Å². The lowest BCUT2D eigenvalue weighted by Crippen LogP contribution is -2.15. The summed E-state index contributed by atoms with van der Waals surface area (Å²) in [4.78, 5) is 23.3. The largest absolute Gasteiger partial charge is 0.465 e. The van der Waals surface area contributed by atoms with E-state index >= 15 is 0 Å². The Hall–Kier alpha value is -1.88. The quantitative estimate of drug-likeness (QED) is 0.608. The van der Waals surface area contributed by atoms with Gasteiger partial charge >= 0.3 is 5.97 Å². The second-order valence-electron chi connectivity index (χ2n) is 4.27. The third-order valence-corrected chi connectivity index (χ3v) is 2.67. The summed E-state index contributed by atoms with van der Waals surface area (Å²) in [7, 11) is 1.30. The number of carbonyl (C=O) groups is 2. The number of anilines is 1. The molecule has 0 atom stereocenters. The number of nitrogens with one attached hydrogen (secondary N) is 1. The van der Waals surface area contributed by atoms with Crippen molar-refractivity contribution >= 4 is 17.6 Å². The standard InChI is InChI=1S/C14H19NO4/c1-10-6-7-12(11(9-10)14(18)19-2)15-13(17)5-3-4-8-16/h6-7,9,16H,3-5,8H2,1-2H3,(H,15,17). The first-order chi connectivity index (χ1) is 9.08. The summed E-state index contributed by atoms with van der Waals surface area (Å²) in [6, 6.07) is 5.18. The molecule has 0 bridgehead atoms. The molecular formula is C14H19NO4. The third-order valence-electron chi connectivity index (χ3n) is 2.67. The minimum absolute atomic E-state index is 0.0746. The van der Waals surface area contributed by atoms with Gasteiger partial charge in [-0.05, 0) is 31.9 Å². The van der Waals surface area contributed by atoms with E-state index in [1.165, 1.54) is 7.11 Å². The van der Waals surface area contributed by atoms with Crippen LogP contribution in [0.3, 0.4) is 0 Å². The van der Waals surface area contributed by atoms with E-state index in [-0.39, 0.29) is 12.5 Å². The van der Waals surface area contributed by atoms with E-state index in [9.17, 15) is 9.59 Å². The number of hydrogen-bond donors (Lipinski definition) is 2. The van der Waals surface area contributed by atoms with Crippen molar-refractivity contribution in [2.24, 2.45) is 0 Å². The fourth-order valence-corrected chi connectivity index (χ4v) is 1.66. The highest BCUT2D eigenvalue weighted by molar-refractivity contribution is 6.01. The molecule has 0 unspecified atom stereocenters. The Kier molecular flexibility index (Phi) is 6.02. The maximum atomic E-state index is 11.7. The van der Waals surface area contributed by atoms with E-state index in [1.807, 2.05) is 13.0 Å². The van der Waals surface area contributed by atoms with Gasteiger partial charge in [-0.25, -0.2) is 4.79 Å². The van der Waals surface area contributed by atoms with Crippen molar-refractivity contribution in [3.63, 3.8) is 0 Å². The van der Waals surface area contributed by atoms with Gasteiger partial charge in [0.05, 0.1) is 18.4 Å². The molecule has 2 N–H and O–H groups in total. The van der Waals surface area contributed by atoms with Crippen LogP contribution in [0.15, 0.2) is 18.2 Å². The van der Waals surface area contributed by atoms with Crippen LogP contribution in [0.25, 0.3) is 0 Å². The van der Waals surface area contributed by atoms with Gasteiger partial charge in [0.15, 0.2) is 0 Å². The third kappa shape index (κ3) is 4.71. The normalized spacial score (nSPS) is 10.1. The highest BCUT2D eigenvalue weighted by Crippen LogP contribution is 2.19. The Bertz CT molecular complexity index is 457. The van der Waals surface area contributed by atoms with E-state index in [1.54, 1.807) is 12.1 Å². The molecule has 0 saturated carbocycles. The predicted molar refractivity (Wildman–Crippen MR) is 72.1 cm³/mol.